The fourth-order valence-corrected chi connectivity index (χ4v) is 2.22. The van der Waals surface area contributed by atoms with Crippen LogP contribution < -0.4 is 0 Å². The zero-order valence-electron chi connectivity index (χ0n) is 9.00. The van der Waals surface area contributed by atoms with Crippen molar-refractivity contribution >= 4 is 11.8 Å². The molecule has 0 aromatic heterocycles. The van der Waals surface area contributed by atoms with Gasteiger partial charge in [0.05, 0.1) is 0 Å². The van der Waals surface area contributed by atoms with Gasteiger partial charge in [0.15, 0.2) is 12.5 Å². The van der Waals surface area contributed by atoms with Crippen molar-refractivity contribution < 1.29 is 19.8 Å². The number of aliphatic hydroxyl groups excluding tert-OH is 2. The number of carbonyl (C=O) groups excluding carboxylic acids is 2. The Labute approximate surface area is 93.4 Å². The van der Waals surface area contributed by atoms with Gasteiger partial charge < -0.3 is 20.0 Å². The average molecular weight is 228 g/mol. The molecule has 6 heteroatoms. The molecule has 2 amide bonds. The second-order valence-corrected chi connectivity index (χ2v) is 4.21. The lowest BCUT2D eigenvalue weighted by atomic mass is 10.3. The van der Waals surface area contributed by atoms with E-state index in [0.717, 1.165) is 0 Å². The van der Waals surface area contributed by atoms with Gasteiger partial charge in [0.2, 0.25) is 11.8 Å². The van der Waals surface area contributed by atoms with Crippen molar-refractivity contribution in [1.29, 1.82) is 0 Å². The van der Waals surface area contributed by atoms with E-state index in [1.54, 1.807) is 0 Å². The fraction of sp³-hybridized carbons (Fsp3) is 0.800. The minimum Gasteiger partial charge on any atom is -0.369 e. The molecule has 2 atom stereocenters. The Balaban J connectivity index is 2.00. The number of carbonyl (C=O) groups is 2. The zero-order chi connectivity index (χ0) is 11.7. The molecule has 2 saturated heterocycles. The van der Waals surface area contributed by atoms with Crippen LogP contribution in [0.1, 0.15) is 25.7 Å². The molecule has 0 bridgehead atoms. The lowest BCUT2D eigenvalue weighted by Crippen LogP contribution is -2.52. The van der Waals surface area contributed by atoms with E-state index < -0.39 is 12.5 Å². The molecule has 90 valence electrons. The third kappa shape index (κ3) is 1.90. The van der Waals surface area contributed by atoms with Gasteiger partial charge in [0, 0.05) is 25.9 Å². The maximum absolute atomic E-state index is 11.4. The summed E-state index contributed by atoms with van der Waals surface area (Å²) < 4.78 is 0. The topological polar surface area (TPSA) is 81.1 Å². The standard InChI is InChI=1S/C10H16N2O4/c13-7-3-1-5-11(7)9(15)10(16)12-6-2-4-8(12)14/h9-10,15-16H,1-6H2/t9-,10-/m0/s1. The first kappa shape index (κ1) is 11.3. The molecule has 0 spiro atoms. The highest BCUT2D eigenvalue weighted by Gasteiger charge is 2.37. The molecular weight excluding hydrogens is 212 g/mol. The number of likely N-dealkylation sites (tertiary alicyclic amines) is 2. The molecule has 0 aromatic rings. The summed E-state index contributed by atoms with van der Waals surface area (Å²) in [5, 5.41) is 19.7. The van der Waals surface area contributed by atoms with Crippen LogP contribution in [0, 0.1) is 0 Å². The van der Waals surface area contributed by atoms with E-state index in [9.17, 15) is 19.8 Å². The van der Waals surface area contributed by atoms with Gasteiger partial charge in [-0.3, -0.25) is 9.59 Å². The second-order valence-electron chi connectivity index (χ2n) is 4.21. The predicted octanol–water partition coefficient (Wildman–Crippen LogP) is -1.13. The van der Waals surface area contributed by atoms with E-state index in [-0.39, 0.29) is 11.8 Å². The van der Waals surface area contributed by atoms with Crippen LogP contribution in [0.5, 0.6) is 0 Å². The summed E-state index contributed by atoms with van der Waals surface area (Å²) in [5.41, 5.74) is 0. The van der Waals surface area contributed by atoms with Gasteiger partial charge in [-0.05, 0) is 12.8 Å². The van der Waals surface area contributed by atoms with Gasteiger partial charge in [0.25, 0.3) is 0 Å². The summed E-state index contributed by atoms with van der Waals surface area (Å²) in [6.07, 6.45) is -0.406. The van der Waals surface area contributed by atoms with Crippen LogP contribution in [0.15, 0.2) is 0 Å². The number of rotatable bonds is 3. The van der Waals surface area contributed by atoms with Gasteiger partial charge in [-0.15, -0.1) is 0 Å². The van der Waals surface area contributed by atoms with Crippen molar-refractivity contribution in [2.24, 2.45) is 0 Å². The summed E-state index contributed by atoms with van der Waals surface area (Å²) >= 11 is 0. The number of hydrogen-bond acceptors (Lipinski definition) is 4. The van der Waals surface area contributed by atoms with E-state index in [1.807, 2.05) is 0 Å². The van der Waals surface area contributed by atoms with Gasteiger partial charge in [0.1, 0.15) is 0 Å². The van der Waals surface area contributed by atoms with E-state index in [2.05, 4.69) is 0 Å². The minimum atomic E-state index is -1.29. The highest BCUT2D eigenvalue weighted by atomic mass is 16.4. The zero-order valence-corrected chi connectivity index (χ0v) is 9.00. The van der Waals surface area contributed by atoms with E-state index in [0.29, 0.717) is 38.8 Å². The van der Waals surface area contributed by atoms with E-state index in [4.69, 9.17) is 0 Å². The molecule has 2 heterocycles. The summed E-state index contributed by atoms with van der Waals surface area (Å²) in [6.45, 7) is 0.887. The first-order valence-corrected chi connectivity index (χ1v) is 5.56. The molecule has 2 fully saturated rings. The first-order chi connectivity index (χ1) is 7.61. The average Bonchev–Trinajstić information content (AvgIpc) is 2.85. The van der Waals surface area contributed by atoms with Crippen LogP contribution in [0.3, 0.4) is 0 Å². The van der Waals surface area contributed by atoms with Crippen molar-refractivity contribution in [3.05, 3.63) is 0 Å². The van der Waals surface area contributed by atoms with Crippen LogP contribution in [0.4, 0.5) is 0 Å². The van der Waals surface area contributed by atoms with Crippen molar-refractivity contribution in [1.82, 2.24) is 9.80 Å². The van der Waals surface area contributed by atoms with Crippen molar-refractivity contribution in [3.8, 4) is 0 Å². The Kier molecular flexibility index (Phi) is 3.11. The minimum absolute atomic E-state index is 0.168. The maximum Gasteiger partial charge on any atom is 0.224 e. The van der Waals surface area contributed by atoms with Crippen LogP contribution in [-0.2, 0) is 9.59 Å². The number of amides is 2. The quantitative estimate of drug-likeness (QED) is 0.640. The number of aliphatic hydroxyl groups is 2. The molecule has 0 aromatic carbocycles. The van der Waals surface area contributed by atoms with Gasteiger partial charge in [-0.1, -0.05) is 0 Å². The SMILES string of the molecule is O=C1CCCN1[C@@H](O)[C@H](O)N1CCCC1=O. The van der Waals surface area contributed by atoms with Crippen molar-refractivity contribution in [3.63, 3.8) is 0 Å². The van der Waals surface area contributed by atoms with Gasteiger partial charge in [-0.2, -0.15) is 0 Å². The molecule has 0 radical (unpaired) electrons. The Bertz CT molecular complexity index is 277. The van der Waals surface area contributed by atoms with Crippen molar-refractivity contribution in [2.45, 2.75) is 38.1 Å². The molecule has 2 aliphatic rings. The number of hydrogen-bond donors (Lipinski definition) is 2. The second kappa shape index (κ2) is 4.39. The molecule has 0 unspecified atom stereocenters. The molecule has 6 nitrogen and oxygen atoms in total. The number of nitrogens with zero attached hydrogens (tertiary/aromatic N) is 2. The molecule has 0 saturated carbocycles. The highest BCUT2D eigenvalue weighted by molar-refractivity contribution is 5.79. The molecule has 0 aliphatic carbocycles. The Hall–Kier alpha value is -1.14. The van der Waals surface area contributed by atoms with E-state index in [1.165, 1.54) is 9.80 Å². The van der Waals surface area contributed by atoms with Crippen LogP contribution in [0.2, 0.25) is 0 Å². The third-order valence-electron chi connectivity index (χ3n) is 3.13. The molecule has 2 N–H and O–H groups in total. The largest absolute Gasteiger partial charge is 0.369 e. The summed E-state index contributed by atoms with van der Waals surface area (Å²) in [4.78, 5) is 25.2. The summed E-state index contributed by atoms with van der Waals surface area (Å²) in [7, 11) is 0. The van der Waals surface area contributed by atoms with Crippen LogP contribution in [-0.4, -0.2) is 57.4 Å². The molecule has 16 heavy (non-hydrogen) atoms. The fourth-order valence-electron chi connectivity index (χ4n) is 2.22. The van der Waals surface area contributed by atoms with Gasteiger partial charge >= 0.3 is 0 Å². The predicted molar refractivity (Wildman–Crippen MR) is 53.9 cm³/mol. The van der Waals surface area contributed by atoms with Crippen molar-refractivity contribution in [2.75, 3.05) is 13.1 Å². The normalized spacial score (nSPS) is 25.4. The van der Waals surface area contributed by atoms with Crippen LogP contribution >= 0.6 is 0 Å². The smallest absolute Gasteiger partial charge is 0.224 e. The Morgan fingerprint density at radius 2 is 1.25 bits per heavy atom. The van der Waals surface area contributed by atoms with E-state index >= 15 is 0 Å². The summed E-state index contributed by atoms with van der Waals surface area (Å²) in [6, 6.07) is 0. The molecule has 2 rings (SSSR count). The Morgan fingerprint density at radius 3 is 1.50 bits per heavy atom. The molecular formula is C10H16N2O4. The lowest BCUT2D eigenvalue weighted by molar-refractivity contribution is -0.170. The molecule has 2 aliphatic heterocycles. The lowest BCUT2D eigenvalue weighted by Gasteiger charge is -2.32. The van der Waals surface area contributed by atoms with Crippen LogP contribution in [0.25, 0.3) is 0 Å². The monoisotopic (exact) mass is 228 g/mol. The maximum atomic E-state index is 11.4. The first-order valence-electron chi connectivity index (χ1n) is 5.56. The summed E-state index contributed by atoms with van der Waals surface area (Å²) in [5.74, 6) is -0.337. The highest BCUT2D eigenvalue weighted by Crippen LogP contribution is 2.19. The van der Waals surface area contributed by atoms with Gasteiger partial charge in [-0.25, -0.2) is 0 Å². The Morgan fingerprint density at radius 1 is 0.875 bits per heavy atom. The third-order valence-corrected chi connectivity index (χ3v) is 3.13.